The van der Waals surface area contributed by atoms with Gasteiger partial charge in [-0.25, -0.2) is 4.39 Å². The Morgan fingerprint density at radius 1 is 1.12 bits per heavy atom. The number of nitrogens with zero attached hydrogens (tertiary/aromatic N) is 2. The maximum absolute atomic E-state index is 13.4. The average Bonchev–Trinajstić information content (AvgIpc) is 3.20. The maximum Gasteiger partial charge on any atom is 0.253 e. The number of carbonyl (C=O) groups excluding carboxylic acids is 2. The molecule has 0 aliphatic carbocycles. The lowest BCUT2D eigenvalue weighted by atomic mass is 9.83. The van der Waals surface area contributed by atoms with Gasteiger partial charge < -0.3 is 14.5 Å². The quantitative estimate of drug-likeness (QED) is 0.814. The van der Waals surface area contributed by atoms with Gasteiger partial charge in [0.05, 0.1) is 0 Å². The first-order valence-electron chi connectivity index (χ1n) is 9.60. The minimum atomic E-state index is -0.392. The molecule has 3 fully saturated rings. The number of ether oxygens (including phenoxy) is 1. The Balaban J connectivity index is 1.44. The zero-order valence-electron chi connectivity index (χ0n) is 14.9. The van der Waals surface area contributed by atoms with Crippen molar-refractivity contribution < 1.29 is 18.7 Å². The molecule has 0 saturated carbocycles. The fourth-order valence-corrected chi connectivity index (χ4v) is 4.62. The van der Waals surface area contributed by atoms with Crippen LogP contribution in [0.25, 0.3) is 0 Å². The van der Waals surface area contributed by atoms with E-state index in [1.165, 1.54) is 12.1 Å². The molecule has 1 aromatic carbocycles. The Labute approximate surface area is 153 Å². The molecule has 26 heavy (non-hydrogen) atoms. The van der Waals surface area contributed by atoms with E-state index in [0.29, 0.717) is 31.2 Å². The first-order valence-corrected chi connectivity index (χ1v) is 9.60. The summed E-state index contributed by atoms with van der Waals surface area (Å²) in [7, 11) is 0. The fourth-order valence-electron chi connectivity index (χ4n) is 4.62. The minimum Gasteiger partial charge on any atom is -0.368 e. The molecule has 3 heterocycles. The van der Waals surface area contributed by atoms with E-state index in [1.54, 1.807) is 12.1 Å². The first-order chi connectivity index (χ1) is 12.6. The summed E-state index contributed by atoms with van der Waals surface area (Å²) in [4.78, 5) is 29.3. The number of halogens is 1. The summed E-state index contributed by atoms with van der Waals surface area (Å²) in [6.45, 7) is 2.70. The number of piperidine rings is 2. The Kier molecular flexibility index (Phi) is 4.94. The highest BCUT2D eigenvalue weighted by Crippen LogP contribution is 2.32. The molecule has 0 aromatic heterocycles. The zero-order chi connectivity index (χ0) is 18.1. The highest BCUT2D eigenvalue weighted by molar-refractivity contribution is 5.94. The van der Waals surface area contributed by atoms with Gasteiger partial charge in [0.2, 0.25) is 0 Å². The van der Waals surface area contributed by atoms with Crippen LogP contribution in [-0.4, -0.2) is 60.0 Å². The molecule has 1 aromatic rings. The van der Waals surface area contributed by atoms with Crippen molar-refractivity contribution in [1.82, 2.24) is 9.80 Å². The van der Waals surface area contributed by atoms with E-state index < -0.39 is 5.82 Å². The summed E-state index contributed by atoms with van der Waals surface area (Å²) in [5.41, 5.74) is 0.395. The average molecular weight is 360 g/mol. The topological polar surface area (TPSA) is 49.9 Å². The summed E-state index contributed by atoms with van der Waals surface area (Å²) >= 11 is 0. The summed E-state index contributed by atoms with van der Waals surface area (Å²) in [5.74, 6) is -0.0928. The zero-order valence-corrected chi connectivity index (χ0v) is 14.9. The van der Waals surface area contributed by atoms with Crippen LogP contribution in [0.2, 0.25) is 0 Å². The summed E-state index contributed by atoms with van der Waals surface area (Å²) in [6, 6.07) is 6.06. The van der Waals surface area contributed by atoms with Crippen LogP contribution < -0.4 is 0 Å². The third-order valence-corrected chi connectivity index (χ3v) is 5.92. The van der Waals surface area contributed by atoms with Gasteiger partial charge in [-0.3, -0.25) is 9.59 Å². The van der Waals surface area contributed by atoms with Crippen LogP contribution in [0.15, 0.2) is 24.3 Å². The molecule has 0 N–H and O–H groups in total. The highest BCUT2D eigenvalue weighted by atomic mass is 19.1. The molecule has 5 nitrogen and oxygen atoms in total. The number of rotatable bonds is 2. The van der Waals surface area contributed by atoms with Crippen LogP contribution in [0.3, 0.4) is 0 Å². The normalized spacial score (nSPS) is 28.7. The lowest BCUT2D eigenvalue weighted by Crippen LogP contribution is -2.58. The van der Waals surface area contributed by atoms with E-state index in [4.69, 9.17) is 4.74 Å². The van der Waals surface area contributed by atoms with Crippen molar-refractivity contribution in [3.05, 3.63) is 35.6 Å². The van der Waals surface area contributed by atoms with E-state index in [0.717, 1.165) is 38.6 Å². The Morgan fingerprint density at radius 2 is 2.00 bits per heavy atom. The number of amides is 2. The lowest BCUT2D eigenvalue weighted by Gasteiger charge is -2.47. The molecule has 0 bridgehead atoms. The van der Waals surface area contributed by atoms with Crippen molar-refractivity contribution in [3.63, 3.8) is 0 Å². The molecular formula is C20H25FN2O3. The molecule has 6 heteroatoms. The molecule has 0 radical (unpaired) electrons. The molecule has 3 saturated heterocycles. The molecule has 0 spiro atoms. The number of carbonyl (C=O) groups is 2. The van der Waals surface area contributed by atoms with E-state index in [1.807, 2.05) is 9.80 Å². The second-order valence-electron chi connectivity index (χ2n) is 7.55. The SMILES string of the molecule is O=C(c1cccc(F)c1)N1CC[C@H]2[C@H](CCCN2C(=O)C2CCCO2)C1. The number of fused-ring (bicyclic) bond motifs is 1. The molecule has 2 amide bonds. The van der Waals surface area contributed by atoms with Crippen LogP contribution >= 0.6 is 0 Å². The molecule has 1 unspecified atom stereocenters. The second-order valence-corrected chi connectivity index (χ2v) is 7.55. The summed E-state index contributed by atoms with van der Waals surface area (Å²) in [5, 5.41) is 0. The monoisotopic (exact) mass is 360 g/mol. The van der Waals surface area contributed by atoms with Gasteiger partial charge in [-0.15, -0.1) is 0 Å². The standard InChI is InChI=1S/C20H25FN2O3/c21-16-6-1-4-14(12-16)19(24)22-10-8-17-15(13-22)5-2-9-23(17)20(25)18-7-3-11-26-18/h1,4,6,12,15,17-18H,2-3,5,7-11,13H2/t15-,17+,18?/m1/s1. The van der Waals surface area contributed by atoms with Crippen LogP contribution in [0, 0.1) is 11.7 Å². The highest BCUT2D eigenvalue weighted by Gasteiger charge is 2.41. The Hall–Kier alpha value is -1.95. The molecular weight excluding hydrogens is 335 g/mol. The van der Waals surface area contributed by atoms with Gasteiger partial charge in [-0.2, -0.15) is 0 Å². The van der Waals surface area contributed by atoms with Gasteiger partial charge in [0.1, 0.15) is 11.9 Å². The summed E-state index contributed by atoms with van der Waals surface area (Å²) < 4.78 is 19.0. The second kappa shape index (κ2) is 7.35. The van der Waals surface area contributed by atoms with Crippen molar-refractivity contribution in [2.75, 3.05) is 26.2 Å². The van der Waals surface area contributed by atoms with Crippen molar-refractivity contribution in [2.45, 2.75) is 44.2 Å². The van der Waals surface area contributed by atoms with Gasteiger partial charge in [0.15, 0.2) is 0 Å². The van der Waals surface area contributed by atoms with E-state index in [-0.39, 0.29) is 24.0 Å². The number of hydrogen-bond acceptors (Lipinski definition) is 3. The number of benzene rings is 1. The molecule has 3 aliphatic rings. The maximum atomic E-state index is 13.4. The van der Waals surface area contributed by atoms with Gasteiger partial charge in [0, 0.05) is 37.8 Å². The van der Waals surface area contributed by atoms with Crippen molar-refractivity contribution in [3.8, 4) is 0 Å². The number of hydrogen-bond donors (Lipinski definition) is 0. The van der Waals surface area contributed by atoms with Crippen LogP contribution in [-0.2, 0) is 9.53 Å². The van der Waals surface area contributed by atoms with Crippen molar-refractivity contribution in [2.24, 2.45) is 5.92 Å². The lowest BCUT2D eigenvalue weighted by molar-refractivity contribution is -0.147. The van der Waals surface area contributed by atoms with Gasteiger partial charge >= 0.3 is 0 Å². The van der Waals surface area contributed by atoms with E-state index in [2.05, 4.69) is 0 Å². The van der Waals surface area contributed by atoms with Gasteiger partial charge in [-0.05, 0) is 56.2 Å². The first kappa shape index (κ1) is 17.5. The van der Waals surface area contributed by atoms with Crippen molar-refractivity contribution >= 4 is 11.8 Å². The van der Waals surface area contributed by atoms with Crippen LogP contribution in [0.1, 0.15) is 42.5 Å². The van der Waals surface area contributed by atoms with Crippen LogP contribution in [0.4, 0.5) is 4.39 Å². The molecule has 3 atom stereocenters. The van der Waals surface area contributed by atoms with Crippen LogP contribution in [0.5, 0.6) is 0 Å². The Bertz CT molecular complexity index is 689. The molecule has 4 rings (SSSR count). The summed E-state index contributed by atoms with van der Waals surface area (Å²) in [6.07, 6.45) is 4.25. The van der Waals surface area contributed by atoms with E-state index >= 15 is 0 Å². The molecule has 140 valence electrons. The predicted octanol–water partition coefficient (Wildman–Crippen LogP) is 2.46. The number of likely N-dealkylation sites (tertiary alicyclic amines) is 2. The smallest absolute Gasteiger partial charge is 0.253 e. The Morgan fingerprint density at radius 3 is 2.77 bits per heavy atom. The minimum absolute atomic E-state index is 0.120. The largest absolute Gasteiger partial charge is 0.368 e. The third-order valence-electron chi connectivity index (χ3n) is 5.92. The third kappa shape index (κ3) is 3.34. The van der Waals surface area contributed by atoms with Crippen molar-refractivity contribution in [1.29, 1.82) is 0 Å². The molecule has 3 aliphatic heterocycles. The van der Waals surface area contributed by atoms with E-state index in [9.17, 15) is 14.0 Å². The fraction of sp³-hybridized carbons (Fsp3) is 0.600. The van der Waals surface area contributed by atoms with Gasteiger partial charge in [-0.1, -0.05) is 6.07 Å². The predicted molar refractivity (Wildman–Crippen MR) is 94.1 cm³/mol. The van der Waals surface area contributed by atoms with Gasteiger partial charge in [0.25, 0.3) is 11.8 Å².